The van der Waals surface area contributed by atoms with Gasteiger partial charge in [-0.15, -0.1) is 0 Å². The van der Waals surface area contributed by atoms with Crippen molar-refractivity contribution < 1.29 is 4.42 Å². The molecule has 2 heterocycles. The van der Waals surface area contributed by atoms with Crippen molar-refractivity contribution >= 4 is 16.8 Å². The SMILES string of the molecule is Cc1oc2cc(-c3cc(N)n(C)n3)ccc2c1C. The Balaban J connectivity index is 2.19. The van der Waals surface area contributed by atoms with E-state index < -0.39 is 0 Å². The van der Waals surface area contributed by atoms with Crippen LogP contribution in [0.15, 0.2) is 28.7 Å². The highest BCUT2D eigenvalue weighted by Gasteiger charge is 2.10. The topological polar surface area (TPSA) is 57.0 Å². The Kier molecular flexibility index (Phi) is 2.20. The van der Waals surface area contributed by atoms with Crippen molar-refractivity contribution in [3.05, 3.63) is 35.6 Å². The van der Waals surface area contributed by atoms with Gasteiger partial charge in [0.25, 0.3) is 0 Å². The van der Waals surface area contributed by atoms with Crippen LogP contribution < -0.4 is 5.73 Å². The van der Waals surface area contributed by atoms with E-state index >= 15 is 0 Å². The average molecular weight is 241 g/mol. The van der Waals surface area contributed by atoms with E-state index in [0.29, 0.717) is 5.82 Å². The normalized spacial score (nSPS) is 11.3. The zero-order valence-electron chi connectivity index (χ0n) is 10.7. The summed E-state index contributed by atoms with van der Waals surface area (Å²) in [6.07, 6.45) is 0. The Labute approximate surface area is 105 Å². The van der Waals surface area contributed by atoms with Crippen molar-refractivity contribution in [2.45, 2.75) is 13.8 Å². The molecule has 3 aromatic rings. The van der Waals surface area contributed by atoms with Gasteiger partial charge < -0.3 is 10.2 Å². The summed E-state index contributed by atoms with van der Waals surface area (Å²) < 4.78 is 7.40. The molecule has 18 heavy (non-hydrogen) atoms. The standard InChI is InChI=1S/C14H15N3O/c1-8-9(2)18-13-6-10(4-5-11(8)13)12-7-14(15)17(3)16-12/h4-7H,15H2,1-3H3. The number of anilines is 1. The summed E-state index contributed by atoms with van der Waals surface area (Å²) in [6.45, 7) is 4.05. The molecule has 3 rings (SSSR count). The van der Waals surface area contributed by atoms with Crippen LogP contribution in [0.2, 0.25) is 0 Å². The molecule has 0 unspecified atom stereocenters. The van der Waals surface area contributed by atoms with Gasteiger partial charge in [-0.3, -0.25) is 4.68 Å². The van der Waals surface area contributed by atoms with E-state index in [-0.39, 0.29) is 0 Å². The Bertz CT molecular complexity index is 717. The molecular formula is C14H15N3O. The zero-order chi connectivity index (χ0) is 12.9. The van der Waals surface area contributed by atoms with E-state index in [1.807, 2.05) is 32.2 Å². The van der Waals surface area contributed by atoms with Crippen molar-refractivity contribution in [1.29, 1.82) is 0 Å². The Morgan fingerprint density at radius 3 is 2.67 bits per heavy atom. The number of nitrogens with zero attached hydrogens (tertiary/aromatic N) is 2. The van der Waals surface area contributed by atoms with E-state index in [2.05, 4.69) is 18.1 Å². The summed E-state index contributed by atoms with van der Waals surface area (Å²) in [5.74, 6) is 1.61. The van der Waals surface area contributed by atoms with E-state index in [4.69, 9.17) is 10.2 Å². The molecular weight excluding hydrogens is 226 g/mol. The average Bonchev–Trinajstić information content (AvgIpc) is 2.81. The number of fused-ring (bicyclic) bond motifs is 1. The van der Waals surface area contributed by atoms with Gasteiger partial charge in [-0.2, -0.15) is 5.10 Å². The van der Waals surface area contributed by atoms with Crippen molar-refractivity contribution in [3.63, 3.8) is 0 Å². The third-order valence-electron chi connectivity index (χ3n) is 3.39. The number of benzene rings is 1. The molecule has 0 aliphatic heterocycles. The molecule has 0 atom stereocenters. The molecule has 0 fully saturated rings. The van der Waals surface area contributed by atoms with E-state index in [1.54, 1.807) is 4.68 Å². The van der Waals surface area contributed by atoms with Gasteiger partial charge >= 0.3 is 0 Å². The van der Waals surface area contributed by atoms with Gasteiger partial charge in [0.2, 0.25) is 0 Å². The first kappa shape index (κ1) is 10.9. The number of nitrogen functional groups attached to an aromatic ring is 1. The van der Waals surface area contributed by atoms with Crippen LogP contribution >= 0.6 is 0 Å². The lowest BCUT2D eigenvalue weighted by molar-refractivity contribution is 0.575. The lowest BCUT2D eigenvalue weighted by Gasteiger charge is -1.96. The van der Waals surface area contributed by atoms with Crippen molar-refractivity contribution in [2.24, 2.45) is 7.05 Å². The van der Waals surface area contributed by atoms with Crippen LogP contribution in [0.25, 0.3) is 22.2 Å². The quantitative estimate of drug-likeness (QED) is 0.712. The summed E-state index contributed by atoms with van der Waals surface area (Å²) in [6, 6.07) is 7.99. The highest BCUT2D eigenvalue weighted by Crippen LogP contribution is 2.29. The third kappa shape index (κ3) is 1.49. The fourth-order valence-corrected chi connectivity index (χ4v) is 2.13. The molecule has 0 aliphatic carbocycles. The minimum atomic E-state index is 0.650. The lowest BCUT2D eigenvalue weighted by atomic mass is 10.1. The first-order valence-electron chi connectivity index (χ1n) is 5.86. The molecule has 0 bridgehead atoms. The number of furan rings is 1. The Morgan fingerprint density at radius 2 is 2.00 bits per heavy atom. The van der Waals surface area contributed by atoms with E-state index in [1.165, 1.54) is 5.56 Å². The second-order valence-electron chi connectivity index (χ2n) is 4.57. The van der Waals surface area contributed by atoms with Crippen molar-refractivity contribution in [1.82, 2.24) is 9.78 Å². The molecule has 0 amide bonds. The summed E-state index contributed by atoms with van der Waals surface area (Å²) in [5.41, 5.74) is 9.76. The van der Waals surface area contributed by atoms with Gasteiger partial charge in [-0.1, -0.05) is 12.1 Å². The molecule has 0 radical (unpaired) electrons. The molecule has 2 N–H and O–H groups in total. The second kappa shape index (κ2) is 3.63. The number of rotatable bonds is 1. The van der Waals surface area contributed by atoms with Gasteiger partial charge in [0.05, 0.1) is 5.69 Å². The molecule has 0 saturated carbocycles. The number of aryl methyl sites for hydroxylation is 3. The highest BCUT2D eigenvalue weighted by molar-refractivity contribution is 5.86. The van der Waals surface area contributed by atoms with Crippen LogP contribution in [0.4, 0.5) is 5.82 Å². The molecule has 0 saturated heterocycles. The maximum absolute atomic E-state index is 5.80. The fourth-order valence-electron chi connectivity index (χ4n) is 2.13. The second-order valence-corrected chi connectivity index (χ2v) is 4.57. The maximum Gasteiger partial charge on any atom is 0.135 e. The van der Waals surface area contributed by atoms with Crippen LogP contribution in [0, 0.1) is 13.8 Å². The Hall–Kier alpha value is -2.23. The summed E-state index contributed by atoms with van der Waals surface area (Å²) in [7, 11) is 1.83. The van der Waals surface area contributed by atoms with Crippen LogP contribution in [-0.4, -0.2) is 9.78 Å². The minimum Gasteiger partial charge on any atom is -0.461 e. The number of hydrogen-bond donors (Lipinski definition) is 1. The molecule has 1 aromatic carbocycles. The van der Waals surface area contributed by atoms with Gasteiger partial charge in [0.15, 0.2) is 0 Å². The van der Waals surface area contributed by atoms with E-state index in [9.17, 15) is 0 Å². The van der Waals surface area contributed by atoms with Gasteiger partial charge in [-0.05, 0) is 25.5 Å². The van der Waals surface area contributed by atoms with Crippen molar-refractivity contribution in [2.75, 3.05) is 5.73 Å². The molecule has 92 valence electrons. The number of hydrogen-bond acceptors (Lipinski definition) is 3. The predicted molar refractivity (Wildman–Crippen MR) is 72.3 cm³/mol. The predicted octanol–water partition coefficient (Wildman–Crippen LogP) is 3.03. The van der Waals surface area contributed by atoms with Crippen molar-refractivity contribution in [3.8, 4) is 11.3 Å². The van der Waals surface area contributed by atoms with Gasteiger partial charge in [-0.25, -0.2) is 0 Å². The molecule has 2 aromatic heterocycles. The molecule has 0 aliphatic rings. The minimum absolute atomic E-state index is 0.650. The smallest absolute Gasteiger partial charge is 0.135 e. The molecule has 0 spiro atoms. The third-order valence-corrected chi connectivity index (χ3v) is 3.39. The fraction of sp³-hybridized carbons (Fsp3) is 0.214. The van der Waals surface area contributed by atoms with Crippen LogP contribution in [-0.2, 0) is 7.05 Å². The first-order valence-corrected chi connectivity index (χ1v) is 5.86. The van der Waals surface area contributed by atoms with Crippen LogP contribution in [0.5, 0.6) is 0 Å². The molecule has 4 nitrogen and oxygen atoms in total. The number of aromatic nitrogens is 2. The molecule has 4 heteroatoms. The lowest BCUT2D eigenvalue weighted by Crippen LogP contribution is -1.96. The van der Waals surface area contributed by atoms with Gasteiger partial charge in [0.1, 0.15) is 17.2 Å². The summed E-state index contributed by atoms with van der Waals surface area (Å²) in [5, 5.41) is 5.52. The van der Waals surface area contributed by atoms with E-state index in [0.717, 1.165) is 28.0 Å². The Morgan fingerprint density at radius 1 is 1.22 bits per heavy atom. The largest absolute Gasteiger partial charge is 0.461 e. The summed E-state index contributed by atoms with van der Waals surface area (Å²) >= 11 is 0. The zero-order valence-corrected chi connectivity index (χ0v) is 10.7. The maximum atomic E-state index is 5.80. The number of nitrogens with two attached hydrogens (primary N) is 1. The first-order chi connectivity index (χ1) is 8.56. The van der Waals surface area contributed by atoms with Gasteiger partial charge in [0, 0.05) is 24.1 Å². The monoisotopic (exact) mass is 241 g/mol. The van der Waals surface area contributed by atoms with Crippen LogP contribution in [0.1, 0.15) is 11.3 Å². The van der Waals surface area contributed by atoms with Crippen LogP contribution in [0.3, 0.4) is 0 Å². The summed E-state index contributed by atoms with van der Waals surface area (Å²) in [4.78, 5) is 0. The highest BCUT2D eigenvalue weighted by atomic mass is 16.3.